The summed E-state index contributed by atoms with van der Waals surface area (Å²) < 4.78 is 2.14. The lowest BCUT2D eigenvalue weighted by molar-refractivity contribution is 0.0942. The van der Waals surface area contributed by atoms with Gasteiger partial charge in [-0.2, -0.15) is 5.10 Å². The van der Waals surface area contributed by atoms with Gasteiger partial charge in [-0.3, -0.25) is 9.78 Å². The van der Waals surface area contributed by atoms with Crippen molar-refractivity contribution in [1.82, 2.24) is 30.0 Å². The molecule has 0 saturated heterocycles. The third-order valence-corrected chi connectivity index (χ3v) is 9.28. The van der Waals surface area contributed by atoms with Crippen LogP contribution >= 0.6 is 0 Å². The predicted molar refractivity (Wildman–Crippen MR) is 194 cm³/mol. The van der Waals surface area contributed by atoms with Gasteiger partial charge in [-0.05, 0) is 52.4 Å². The molecule has 5 aromatic carbocycles. The summed E-state index contributed by atoms with van der Waals surface area (Å²) in [5.41, 5.74) is 7.60. The van der Waals surface area contributed by atoms with Gasteiger partial charge in [0.15, 0.2) is 5.82 Å². The third-order valence-electron chi connectivity index (χ3n) is 9.28. The number of hydrogen-bond acceptors (Lipinski definition) is 4. The maximum atomic E-state index is 13.4. The van der Waals surface area contributed by atoms with Crippen LogP contribution in [0.2, 0.25) is 0 Å². The molecule has 3 heterocycles. The van der Waals surface area contributed by atoms with Gasteiger partial charge in [0, 0.05) is 29.9 Å². The van der Waals surface area contributed by atoms with Gasteiger partial charge in [0.1, 0.15) is 11.2 Å². The van der Waals surface area contributed by atoms with Crippen LogP contribution in [-0.2, 0) is 5.54 Å². The van der Waals surface area contributed by atoms with E-state index in [1.807, 2.05) is 54.6 Å². The van der Waals surface area contributed by atoms with Crippen LogP contribution in [0, 0.1) is 0 Å². The second-order valence-corrected chi connectivity index (χ2v) is 12.3. The number of fused-ring (bicyclic) bond motifs is 2. The number of amides is 1. The zero-order valence-corrected chi connectivity index (χ0v) is 27.0. The van der Waals surface area contributed by atoms with E-state index in [9.17, 15) is 4.79 Å². The Morgan fingerprint density at radius 2 is 1.31 bits per heavy atom. The molecule has 0 unspecified atom stereocenters. The monoisotopic (exact) mass is 638 g/mol. The first-order valence-corrected chi connectivity index (χ1v) is 16.5. The molecule has 0 saturated carbocycles. The van der Waals surface area contributed by atoms with Crippen LogP contribution in [-0.4, -0.2) is 37.2 Å². The van der Waals surface area contributed by atoms with Crippen LogP contribution in [0.15, 0.2) is 158 Å². The Morgan fingerprint density at radius 1 is 0.755 bits per heavy atom. The number of carbonyl (C=O) groups excluding carboxylic acids is 1. The largest absolute Gasteiger partial charge is 0.349 e. The first kappa shape index (κ1) is 30.0. The van der Waals surface area contributed by atoms with Gasteiger partial charge in [-0.1, -0.05) is 128 Å². The molecule has 1 atom stereocenters. The number of imidazole rings is 1. The van der Waals surface area contributed by atoms with E-state index < -0.39 is 5.54 Å². The number of pyridine rings is 1. The summed E-state index contributed by atoms with van der Waals surface area (Å²) in [6, 6.07) is 49.7. The molecule has 7 nitrogen and oxygen atoms in total. The predicted octanol–water partition coefficient (Wildman–Crippen LogP) is 8.35. The van der Waals surface area contributed by atoms with Crippen molar-refractivity contribution in [3.05, 3.63) is 186 Å². The molecule has 0 spiro atoms. The Bertz CT molecular complexity index is 2260. The highest BCUT2D eigenvalue weighted by Gasteiger charge is 2.41. The fourth-order valence-electron chi connectivity index (χ4n) is 6.84. The van der Waals surface area contributed by atoms with Gasteiger partial charge < -0.3 is 10.3 Å². The fourth-order valence-corrected chi connectivity index (χ4v) is 6.84. The van der Waals surface area contributed by atoms with E-state index in [4.69, 9.17) is 10.1 Å². The molecule has 49 heavy (non-hydrogen) atoms. The summed E-state index contributed by atoms with van der Waals surface area (Å²) >= 11 is 0. The Kier molecular flexibility index (Phi) is 7.78. The number of rotatable bonds is 9. The average molecular weight is 639 g/mol. The van der Waals surface area contributed by atoms with Crippen LogP contribution in [0.3, 0.4) is 0 Å². The number of aromatic nitrogens is 5. The van der Waals surface area contributed by atoms with Crippen LogP contribution < -0.4 is 5.32 Å². The quantitative estimate of drug-likeness (QED) is 0.156. The van der Waals surface area contributed by atoms with E-state index in [0.29, 0.717) is 12.1 Å². The summed E-state index contributed by atoms with van der Waals surface area (Å²) in [6.07, 6.45) is 3.57. The van der Waals surface area contributed by atoms with Gasteiger partial charge in [0.25, 0.3) is 5.91 Å². The zero-order chi connectivity index (χ0) is 33.2. The summed E-state index contributed by atoms with van der Waals surface area (Å²) in [4.78, 5) is 25.8. The molecule has 238 valence electrons. The molecule has 0 aliphatic rings. The number of hydrogen-bond donors (Lipinski definition) is 2. The van der Waals surface area contributed by atoms with Crippen molar-refractivity contribution in [2.24, 2.45) is 0 Å². The lowest BCUT2D eigenvalue weighted by Crippen LogP contribution is -2.38. The number of nitrogens with zero attached hydrogens (tertiary/aromatic N) is 4. The van der Waals surface area contributed by atoms with Crippen molar-refractivity contribution in [2.75, 3.05) is 6.54 Å². The molecule has 7 heteroatoms. The molecule has 8 rings (SSSR count). The summed E-state index contributed by atoms with van der Waals surface area (Å²) in [6.45, 7) is 2.60. The van der Waals surface area contributed by atoms with E-state index in [-0.39, 0.29) is 17.6 Å². The lowest BCUT2D eigenvalue weighted by atomic mass is 9.77. The smallest absolute Gasteiger partial charge is 0.287 e. The number of H-pyrrole nitrogens is 1. The molecular formula is C42H34N6O. The maximum absolute atomic E-state index is 13.4. The number of nitrogens with one attached hydrogen (secondary N) is 2. The van der Waals surface area contributed by atoms with Crippen molar-refractivity contribution < 1.29 is 4.79 Å². The Balaban J connectivity index is 1.34. The van der Waals surface area contributed by atoms with E-state index in [2.05, 4.69) is 118 Å². The standard InChI is InChI=1S/C42H34N6O/c1-29(30-14-6-2-7-15-30)28-44-41(49)40-45-36-26-35-38(27-37(36)46-40)48(47-39(35)31-22-24-43-25-23-31)42(32-16-8-3-9-17-32,33-18-10-4-11-19-33)34-20-12-5-13-21-34/h2-27,29H,28H2,1H3,(H,44,49)(H,45,46)/t29-/m0/s1. The van der Waals surface area contributed by atoms with Crippen molar-refractivity contribution in [3.63, 3.8) is 0 Å². The molecule has 0 fully saturated rings. The molecule has 1 amide bonds. The minimum Gasteiger partial charge on any atom is -0.349 e. The van der Waals surface area contributed by atoms with Gasteiger partial charge >= 0.3 is 0 Å². The van der Waals surface area contributed by atoms with Gasteiger partial charge in [-0.25, -0.2) is 9.67 Å². The molecule has 0 radical (unpaired) electrons. The maximum Gasteiger partial charge on any atom is 0.287 e. The summed E-state index contributed by atoms with van der Waals surface area (Å²) in [7, 11) is 0. The minimum absolute atomic E-state index is 0.160. The second kappa shape index (κ2) is 12.7. The summed E-state index contributed by atoms with van der Waals surface area (Å²) in [5.74, 6) is 0.188. The highest BCUT2D eigenvalue weighted by Crippen LogP contribution is 2.44. The van der Waals surface area contributed by atoms with Crippen molar-refractivity contribution in [3.8, 4) is 11.3 Å². The van der Waals surface area contributed by atoms with Crippen LogP contribution in [0.25, 0.3) is 33.2 Å². The van der Waals surface area contributed by atoms with E-state index >= 15 is 0 Å². The average Bonchev–Trinajstić information content (AvgIpc) is 3.77. The SMILES string of the molecule is C[C@@H](CNC(=O)c1nc2cc3c(-c4ccncc4)nn(C(c4ccccc4)(c4ccccc4)c4ccccc4)c3cc2[nH]1)c1ccccc1. The second-order valence-electron chi connectivity index (χ2n) is 12.3. The third kappa shape index (κ3) is 5.35. The highest BCUT2D eigenvalue weighted by molar-refractivity contribution is 6.03. The molecule has 8 aromatic rings. The Labute approximate surface area is 284 Å². The molecule has 0 aliphatic heterocycles. The van der Waals surface area contributed by atoms with Crippen LogP contribution in [0.5, 0.6) is 0 Å². The topological polar surface area (TPSA) is 88.5 Å². The fraction of sp³-hybridized carbons (Fsp3) is 0.0952. The molecule has 3 aromatic heterocycles. The van der Waals surface area contributed by atoms with Gasteiger partial charge in [0.2, 0.25) is 0 Å². The van der Waals surface area contributed by atoms with Crippen LogP contribution in [0.4, 0.5) is 0 Å². The van der Waals surface area contributed by atoms with Crippen molar-refractivity contribution >= 4 is 27.8 Å². The lowest BCUT2D eigenvalue weighted by Gasteiger charge is -2.37. The van der Waals surface area contributed by atoms with Crippen molar-refractivity contribution in [2.45, 2.75) is 18.4 Å². The number of benzene rings is 5. The normalized spacial score (nSPS) is 12.3. The molecule has 0 bridgehead atoms. The minimum atomic E-state index is -0.839. The first-order valence-electron chi connectivity index (χ1n) is 16.5. The first-order chi connectivity index (χ1) is 24.1. The van der Waals surface area contributed by atoms with Gasteiger partial charge in [0.05, 0.1) is 16.6 Å². The number of carbonyl (C=O) groups is 1. The van der Waals surface area contributed by atoms with Crippen LogP contribution in [0.1, 0.15) is 45.7 Å². The Morgan fingerprint density at radius 3 is 1.88 bits per heavy atom. The Hall–Kier alpha value is -6.34. The molecular weight excluding hydrogens is 605 g/mol. The summed E-state index contributed by atoms with van der Waals surface area (Å²) in [5, 5.41) is 9.46. The van der Waals surface area contributed by atoms with E-state index in [1.165, 1.54) is 5.56 Å². The zero-order valence-electron chi connectivity index (χ0n) is 27.0. The van der Waals surface area contributed by atoms with Crippen molar-refractivity contribution in [1.29, 1.82) is 0 Å². The van der Waals surface area contributed by atoms with Gasteiger partial charge in [-0.15, -0.1) is 0 Å². The molecule has 2 N–H and O–H groups in total. The number of aromatic amines is 1. The van der Waals surface area contributed by atoms with E-state index in [1.54, 1.807) is 12.4 Å². The molecule has 0 aliphatic carbocycles. The van der Waals surface area contributed by atoms with E-state index in [0.717, 1.165) is 44.4 Å². The highest BCUT2D eigenvalue weighted by atomic mass is 16.2.